The third-order valence-electron chi connectivity index (χ3n) is 2.42. The Bertz CT molecular complexity index is 558. The molecule has 0 bridgehead atoms. The van der Waals surface area contributed by atoms with Gasteiger partial charge in [0.1, 0.15) is 11.8 Å². The maximum Gasteiger partial charge on any atom is 0.174 e. The Labute approximate surface area is 105 Å². The van der Waals surface area contributed by atoms with Crippen LogP contribution in [0.4, 0.5) is 5.69 Å². The molecule has 0 saturated heterocycles. The molecule has 0 aliphatic carbocycles. The molecule has 18 heavy (non-hydrogen) atoms. The summed E-state index contributed by atoms with van der Waals surface area (Å²) in [4.78, 5) is 0. The molecule has 0 atom stereocenters. The van der Waals surface area contributed by atoms with E-state index in [4.69, 9.17) is 10.00 Å². The van der Waals surface area contributed by atoms with Crippen molar-refractivity contribution in [1.29, 1.82) is 5.26 Å². The number of ether oxygens (including phenoxy) is 1. The van der Waals surface area contributed by atoms with Crippen LogP contribution in [-0.2, 0) is 13.6 Å². The van der Waals surface area contributed by atoms with Crippen LogP contribution in [0.25, 0.3) is 0 Å². The van der Waals surface area contributed by atoms with Gasteiger partial charge in [0.25, 0.3) is 0 Å². The van der Waals surface area contributed by atoms with Gasteiger partial charge in [-0.3, -0.25) is 4.68 Å². The second kappa shape index (κ2) is 5.68. The van der Waals surface area contributed by atoms with Gasteiger partial charge in [0.05, 0.1) is 18.4 Å². The summed E-state index contributed by atoms with van der Waals surface area (Å²) < 4.78 is 6.94. The van der Waals surface area contributed by atoms with Crippen LogP contribution in [0.1, 0.15) is 5.69 Å². The highest BCUT2D eigenvalue weighted by Crippen LogP contribution is 2.17. The SMILES string of the molecule is Cn1nncc1CNc1cccc(OCC#N)c1. The van der Waals surface area contributed by atoms with Crippen molar-refractivity contribution in [3.63, 3.8) is 0 Å². The monoisotopic (exact) mass is 243 g/mol. The molecule has 0 aliphatic heterocycles. The molecule has 92 valence electrons. The van der Waals surface area contributed by atoms with Crippen molar-refractivity contribution in [1.82, 2.24) is 15.0 Å². The Morgan fingerprint density at radius 2 is 2.39 bits per heavy atom. The molecule has 0 saturated carbocycles. The molecule has 0 fully saturated rings. The lowest BCUT2D eigenvalue weighted by Crippen LogP contribution is -2.05. The summed E-state index contributed by atoms with van der Waals surface area (Å²) in [5.41, 5.74) is 1.91. The molecule has 0 unspecified atom stereocenters. The minimum atomic E-state index is 0.0507. The molecule has 0 aliphatic rings. The molecular weight excluding hydrogens is 230 g/mol. The van der Waals surface area contributed by atoms with E-state index in [2.05, 4.69) is 15.6 Å². The van der Waals surface area contributed by atoms with Crippen LogP contribution in [0, 0.1) is 11.3 Å². The number of hydrogen-bond acceptors (Lipinski definition) is 5. The Morgan fingerprint density at radius 3 is 3.11 bits per heavy atom. The Kier molecular flexibility index (Phi) is 3.76. The van der Waals surface area contributed by atoms with E-state index in [0.717, 1.165) is 11.4 Å². The number of hydrogen-bond donors (Lipinski definition) is 1. The molecule has 0 radical (unpaired) electrons. The minimum Gasteiger partial charge on any atom is -0.479 e. The summed E-state index contributed by atoms with van der Waals surface area (Å²) in [5.74, 6) is 0.671. The maximum atomic E-state index is 8.45. The van der Waals surface area contributed by atoms with Crippen LogP contribution in [-0.4, -0.2) is 21.6 Å². The number of nitriles is 1. The van der Waals surface area contributed by atoms with Crippen molar-refractivity contribution in [3.05, 3.63) is 36.2 Å². The number of aryl methyl sites for hydroxylation is 1. The first-order valence-electron chi connectivity index (χ1n) is 5.47. The average molecular weight is 243 g/mol. The van der Waals surface area contributed by atoms with Crippen LogP contribution >= 0.6 is 0 Å². The van der Waals surface area contributed by atoms with E-state index in [9.17, 15) is 0 Å². The van der Waals surface area contributed by atoms with E-state index in [-0.39, 0.29) is 6.61 Å². The lowest BCUT2D eigenvalue weighted by molar-refractivity contribution is 0.368. The van der Waals surface area contributed by atoms with Crippen LogP contribution in [0.15, 0.2) is 30.5 Å². The fraction of sp³-hybridized carbons (Fsp3) is 0.250. The van der Waals surface area contributed by atoms with E-state index < -0.39 is 0 Å². The van der Waals surface area contributed by atoms with E-state index in [1.807, 2.05) is 37.4 Å². The van der Waals surface area contributed by atoms with Gasteiger partial charge in [0.2, 0.25) is 0 Å². The molecule has 6 heteroatoms. The molecule has 1 N–H and O–H groups in total. The first-order valence-corrected chi connectivity index (χ1v) is 5.47. The van der Waals surface area contributed by atoms with Gasteiger partial charge < -0.3 is 10.1 Å². The lowest BCUT2D eigenvalue weighted by atomic mass is 10.3. The van der Waals surface area contributed by atoms with E-state index in [1.54, 1.807) is 10.9 Å². The fourth-order valence-electron chi connectivity index (χ4n) is 1.48. The molecular formula is C12H13N5O. The highest BCUT2D eigenvalue weighted by Gasteiger charge is 2.00. The largest absolute Gasteiger partial charge is 0.479 e. The normalized spacial score (nSPS) is 9.78. The first-order chi connectivity index (χ1) is 8.79. The first kappa shape index (κ1) is 11.9. The van der Waals surface area contributed by atoms with Gasteiger partial charge in [-0.15, -0.1) is 5.10 Å². The Hall–Kier alpha value is -2.55. The number of rotatable bonds is 5. The highest BCUT2D eigenvalue weighted by molar-refractivity contribution is 5.48. The molecule has 1 aromatic heterocycles. The average Bonchev–Trinajstić information content (AvgIpc) is 2.80. The molecule has 0 amide bonds. The topological polar surface area (TPSA) is 75.8 Å². The number of anilines is 1. The van der Waals surface area contributed by atoms with Crippen LogP contribution < -0.4 is 10.1 Å². The molecule has 6 nitrogen and oxygen atoms in total. The fourth-order valence-corrected chi connectivity index (χ4v) is 1.48. The zero-order valence-electron chi connectivity index (χ0n) is 10.00. The van der Waals surface area contributed by atoms with Crippen LogP contribution in [0.2, 0.25) is 0 Å². The predicted molar refractivity (Wildman–Crippen MR) is 65.9 cm³/mol. The Morgan fingerprint density at radius 1 is 1.50 bits per heavy atom. The van der Waals surface area contributed by atoms with Crippen molar-refractivity contribution >= 4 is 5.69 Å². The smallest absolute Gasteiger partial charge is 0.174 e. The third kappa shape index (κ3) is 2.98. The zero-order chi connectivity index (χ0) is 12.8. The van der Waals surface area contributed by atoms with E-state index >= 15 is 0 Å². The van der Waals surface area contributed by atoms with E-state index in [1.165, 1.54) is 0 Å². The number of nitrogens with one attached hydrogen (secondary N) is 1. The number of benzene rings is 1. The van der Waals surface area contributed by atoms with Gasteiger partial charge in [-0.2, -0.15) is 5.26 Å². The van der Waals surface area contributed by atoms with E-state index in [0.29, 0.717) is 12.3 Å². The summed E-state index contributed by atoms with van der Waals surface area (Å²) >= 11 is 0. The summed E-state index contributed by atoms with van der Waals surface area (Å²) in [6, 6.07) is 9.40. The second-order valence-electron chi connectivity index (χ2n) is 3.68. The van der Waals surface area contributed by atoms with Gasteiger partial charge in [-0.05, 0) is 12.1 Å². The second-order valence-corrected chi connectivity index (χ2v) is 3.68. The zero-order valence-corrected chi connectivity index (χ0v) is 10.00. The summed E-state index contributed by atoms with van der Waals surface area (Å²) in [5, 5.41) is 19.3. The quantitative estimate of drug-likeness (QED) is 0.857. The highest BCUT2D eigenvalue weighted by atomic mass is 16.5. The lowest BCUT2D eigenvalue weighted by Gasteiger charge is -2.08. The summed E-state index contributed by atoms with van der Waals surface area (Å²) in [7, 11) is 1.84. The molecule has 0 spiro atoms. The Balaban J connectivity index is 1.97. The minimum absolute atomic E-state index is 0.0507. The van der Waals surface area contributed by atoms with Crippen molar-refractivity contribution in [2.45, 2.75) is 6.54 Å². The summed E-state index contributed by atoms with van der Waals surface area (Å²) in [6.45, 7) is 0.681. The van der Waals surface area contributed by atoms with Gasteiger partial charge >= 0.3 is 0 Å². The third-order valence-corrected chi connectivity index (χ3v) is 2.42. The van der Waals surface area contributed by atoms with Crippen molar-refractivity contribution < 1.29 is 4.74 Å². The van der Waals surface area contributed by atoms with Crippen molar-refractivity contribution in [3.8, 4) is 11.8 Å². The number of aromatic nitrogens is 3. The molecule has 1 aromatic carbocycles. The number of nitrogens with zero attached hydrogens (tertiary/aromatic N) is 4. The predicted octanol–water partition coefficient (Wildman–Crippen LogP) is 1.33. The van der Waals surface area contributed by atoms with Gasteiger partial charge in [0.15, 0.2) is 6.61 Å². The molecule has 2 rings (SSSR count). The van der Waals surface area contributed by atoms with Crippen LogP contribution in [0.5, 0.6) is 5.75 Å². The van der Waals surface area contributed by atoms with Crippen LogP contribution in [0.3, 0.4) is 0 Å². The standard InChI is InChI=1S/C12H13N5O/c1-17-11(9-15-16-17)8-14-10-3-2-4-12(7-10)18-6-5-13/h2-4,7,9,14H,6,8H2,1H3. The maximum absolute atomic E-state index is 8.45. The van der Waals surface area contributed by atoms with Crippen molar-refractivity contribution in [2.75, 3.05) is 11.9 Å². The summed E-state index contributed by atoms with van der Waals surface area (Å²) in [6.07, 6.45) is 1.71. The van der Waals surface area contributed by atoms with Gasteiger partial charge in [0, 0.05) is 18.8 Å². The van der Waals surface area contributed by atoms with Crippen molar-refractivity contribution in [2.24, 2.45) is 7.05 Å². The molecule has 1 heterocycles. The van der Waals surface area contributed by atoms with Gasteiger partial charge in [-0.1, -0.05) is 11.3 Å². The molecule has 2 aromatic rings. The van der Waals surface area contributed by atoms with Gasteiger partial charge in [-0.25, -0.2) is 0 Å².